The van der Waals surface area contributed by atoms with E-state index in [1.807, 2.05) is 18.3 Å². The number of halogens is 1. The lowest BCUT2D eigenvalue weighted by atomic mass is 10.4. The topological polar surface area (TPSA) is 4.10 Å². The Labute approximate surface area is 73.9 Å². The first-order valence-electron chi connectivity index (χ1n) is 3.32. The van der Waals surface area contributed by atoms with Crippen molar-refractivity contribution in [2.45, 2.75) is 6.92 Å². The molecule has 2 aromatic rings. The summed E-state index contributed by atoms with van der Waals surface area (Å²) in [6.07, 6.45) is 1.93. The van der Waals surface area contributed by atoms with Crippen molar-refractivity contribution >= 4 is 27.8 Å². The molecule has 0 radical (unpaired) electrons. The lowest BCUT2D eigenvalue weighted by molar-refractivity contribution is -0.515. The molecule has 0 aliphatic heterocycles. The van der Waals surface area contributed by atoms with E-state index in [0.29, 0.717) is 0 Å². The first kappa shape index (κ1) is 7.07. The number of thiazole rings is 1. The average Bonchev–Trinajstić information content (AvgIpc) is 2.33. The number of aromatic nitrogens is 1. The number of rotatable bonds is 0. The summed E-state index contributed by atoms with van der Waals surface area (Å²) in [6, 6.07) is 3.94. The molecule has 0 fully saturated rings. The third kappa shape index (κ3) is 1.12. The largest absolute Gasteiger partial charge is 0.267 e. The summed E-state index contributed by atoms with van der Waals surface area (Å²) in [4.78, 5) is 1.23. The van der Waals surface area contributed by atoms with Crippen molar-refractivity contribution in [2.24, 2.45) is 0 Å². The number of fused-ring (bicyclic) bond motifs is 1. The predicted octanol–water partition coefficient (Wildman–Crippen LogP) is 2.45. The monoisotopic (exact) mass is 184 g/mol. The predicted molar refractivity (Wildman–Crippen MR) is 47.2 cm³/mol. The van der Waals surface area contributed by atoms with Crippen LogP contribution >= 0.6 is 22.9 Å². The third-order valence-corrected chi connectivity index (χ3v) is 2.86. The summed E-state index contributed by atoms with van der Waals surface area (Å²) in [5, 5.41) is 2.90. The Balaban J connectivity index is 2.87. The van der Waals surface area contributed by atoms with Gasteiger partial charge in [0.1, 0.15) is 5.02 Å². The summed E-state index contributed by atoms with van der Waals surface area (Å²) in [7, 11) is 0. The van der Waals surface area contributed by atoms with Gasteiger partial charge < -0.3 is 0 Å². The lowest BCUT2D eigenvalue weighted by Crippen LogP contribution is -2.20. The van der Waals surface area contributed by atoms with Crippen LogP contribution in [0.2, 0.25) is 5.02 Å². The van der Waals surface area contributed by atoms with Crippen LogP contribution in [0.15, 0.2) is 23.7 Å². The Bertz CT molecular complexity index is 394. The number of aryl methyl sites for hydroxylation is 1. The summed E-state index contributed by atoms with van der Waals surface area (Å²) < 4.78 is 2.09. The summed E-state index contributed by atoms with van der Waals surface area (Å²) >= 11 is 7.56. The Morgan fingerprint density at radius 2 is 2.27 bits per heavy atom. The van der Waals surface area contributed by atoms with Crippen LogP contribution in [0, 0.1) is 6.92 Å². The summed E-state index contributed by atoms with van der Waals surface area (Å²) in [5.74, 6) is 0. The highest BCUT2D eigenvalue weighted by Gasteiger charge is 2.07. The van der Waals surface area contributed by atoms with Gasteiger partial charge in [-0.2, -0.15) is 4.40 Å². The smallest absolute Gasteiger partial charge is 0.153 e. The number of pyridine rings is 1. The van der Waals surface area contributed by atoms with Gasteiger partial charge in [0.2, 0.25) is 0 Å². The molecule has 1 nitrogen and oxygen atoms in total. The van der Waals surface area contributed by atoms with E-state index in [1.165, 1.54) is 10.5 Å². The molecule has 2 aromatic heterocycles. The molecule has 2 rings (SSSR count). The molecule has 0 spiro atoms. The molecular weight excluding hydrogens is 178 g/mol. The van der Waals surface area contributed by atoms with Crippen LogP contribution in [0.1, 0.15) is 5.69 Å². The Hall–Kier alpha value is -0.600. The Morgan fingerprint density at radius 3 is 3.09 bits per heavy atom. The zero-order chi connectivity index (χ0) is 7.84. The molecule has 0 saturated carbocycles. The van der Waals surface area contributed by atoms with Crippen LogP contribution in [-0.2, 0) is 0 Å². The van der Waals surface area contributed by atoms with E-state index in [-0.39, 0.29) is 0 Å². The van der Waals surface area contributed by atoms with E-state index in [9.17, 15) is 0 Å². The molecule has 0 aliphatic carbocycles. The average molecular weight is 185 g/mol. The molecule has 0 bridgehead atoms. The van der Waals surface area contributed by atoms with E-state index in [1.54, 1.807) is 11.3 Å². The maximum absolute atomic E-state index is 5.83. The Morgan fingerprint density at radius 1 is 1.45 bits per heavy atom. The maximum atomic E-state index is 5.83. The molecule has 3 heteroatoms. The molecule has 11 heavy (non-hydrogen) atoms. The van der Waals surface area contributed by atoms with Crippen molar-refractivity contribution in [1.29, 1.82) is 0 Å². The molecule has 0 N–H and O–H groups in total. The lowest BCUT2D eigenvalue weighted by Gasteiger charge is -1.84. The Kier molecular flexibility index (Phi) is 1.59. The van der Waals surface area contributed by atoms with Gasteiger partial charge in [0.25, 0.3) is 4.83 Å². The van der Waals surface area contributed by atoms with Crippen LogP contribution in [0.5, 0.6) is 0 Å². The van der Waals surface area contributed by atoms with E-state index >= 15 is 0 Å². The van der Waals surface area contributed by atoms with E-state index in [2.05, 4.69) is 16.7 Å². The van der Waals surface area contributed by atoms with Crippen LogP contribution in [-0.4, -0.2) is 0 Å². The second-order valence-electron chi connectivity index (χ2n) is 2.43. The second-order valence-corrected chi connectivity index (χ2v) is 3.76. The quantitative estimate of drug-likeness (QED) is 0.554. The highest BCUT2D eigenvalue weighted by Crippen LogP contribution is 2.12. The number of hydrogen-bond donors (Lipinski definition) is 0. The summed E-state index contributed by atoms with van der Waals surface area (Å²) in [6.45, 7) is 2.07. The summed E-state index contributed by atoms with van der Waals surface area (Å²) in [5.41, 5.74) is 1.23. The van der Waals surface area contributed by atoms with Gasteiger partial charge in [-0.3, -0.25) is 0 Å². The van der Waals surface area contributed by atoms with Gasteiger partial charge >= 0.3 is 0 Å². The fourth-order valence-corrected chi connectivity index (χ4v) is 2.06. The van der Waals surface area contributed by atoms with Gasteiger partial charge in [0, 0.05) is 13.0 Å². The molecule has 0 unspecified atom stereocenters. The first-order chi connectivity index (χ1) is 5.27. The standard InChI is InChI=1S/C8H7ClNS/c1-6-5-11-8-3-2-7(9)4-10(6)8/h2-5H,1H3/q+1. The zero-order valence-corrected chi connectivity index (χ0v) is 7.62. The van der Waals surface area contributed by atoms with Crippen LogP contribution in [0.3, 0.4) is 0 Å². The minimum absolute atomic E-state index is 0.781. The normalized spacial score (nSPS) is 10.7. The van der Waals surface area contributed by atoms with Crippen molar-refractivity contribution < 1.29 is 4.40 Å². The van der Waals surface area contributed by atoms with Crippen LogP contribution in [0.4, 0.5) is 0 Å². The zero-order valence-electron chi connectivity index (χ0n) is 6.04. The highest BCUT2D eigenvalue weighted by atomic mass is 35.5. The van der Waals surface area contributed by atoms with E-state index in [0.717, 1.165) is 5.02 Å². The van der Waals surface area contributed by atoms with Crippen LogP contribution in [0.25, 0.3) is 4.83 Å². The fraction of sp³-hybridized carbons (Fsp3) is 0.125. The van der Waals surface area contributed by atoms with Crippen LogP contribution < -0.4 is 4.40 Å². The first-order valence-corrected chi connectivity index (χ1v) is 4.58. The van der Waals surface area contributed by atoms with Gasteiger partial charge in [0.15, 0.2) is 11.9 Å². The third-order valence-electron chi connectivity index (χ3n) is 1.61. The molecule has 2 heterocycles. The molecule has 0 aliphatic rings. The maximum Gasteiger partial charge on any atom is 0.267 e. The second kappa shape index (κ2) is 2.47. The van der Waals surface area contributed by atoms with Crippen molar-refractivity contribution in [3.8, 4) is 0 Å². The van der Waals surface area contributed by atoms with Gasteiger partial charge in [-0.1, -0.05) is 22.9 Å². The minimum Gasteiger partial charge on any atom is -0.153 e. The molecule has 0 saturated heterocycles. The molecule has 0 atom stereocenters. The van der Waals surface area contributed by atoms with Crippen molar-refractivity contribution in [3.05, 3.63) is 34.4 Å². The molecule has 0 aromatic carbocycles. The van der Waals surface area contributed by atoms with E-state index in [4.69, 9.17) is 11.6 Å². The van der Waals surface area contributed by atoms with Crippen molar-refractivity contribution in [2.75, 3.05) is 0 Å². The number of nitrogens with zero attached hydrogens (tertiary/aromatic N) is 1. The highest BCUT2D eigenvalue weighted by molar-refractivity contribution is 7.15. The van der Waals surface area contributed by atoms with Gasteiger partial charge in [-0.15, -0.1) is 0 Å². The number of hydrogen-bond acceptors (Lipinski definition) is 1. The van der Waals surface area contributed by atoms with Gasteiger partial charge in [-0.05, 0) is 6.07 Å². The molecule has 0 amide bonds. The van der Waals surface area contributed by atoms with E-state index < -0.39 is 0 Å². The van der Waals surface area contributed by atoms with Crippen molar-refractivity contribution in [1.82, 2.24) is 0 Å². The van der Waals surface area contributed by atoms with Gasteiger partial charge in [-0.25, -0.2) is 0 Å². The fourth-order valence-electron chi connectivity index (χ4n) is 1.04. The molecule has 56 valence electrons. The minimum atomic E-state index is 0.781. The van der Waals surface area contributed by atoms with Crippen molar-refractivity contribution in [3.63, 3.8) is 0 Å². The SMILES string of the molecule is Cc1csc2ccc(Cl)c[n+]12. The van der Waals surface area contributed by atoms with Gasteiger partial charge in [0.05, 0.1) is 5.38 Å². The molecular formula is C8H7ClNS+.